The number of ether oxygens (including phenoxy) is 1. The van der Waals surface area contributed by atoms with Crippen LogP contribution in [-0.4, -0.2) is 53.1 Å². The second kappa shape index (κ2) is 7.72. The van der Waals surface area contributed by atoms with Gasteiger partial charge in [0.2, 0.25) is 0 Å². The van der Waals surface area contributed by atoms with Gasteiger partial charge in [-0.2, -0.15) is 0 Å². The van der Waals surface area contributed by atoms with Crippen LogP contribution in [0.15, 0.2) is 48.1 Å². The molecule has 6 nitrogen and oxygen atoms in total. The number of aromatic nitrogens is 2. The molecule has 150 valence electrons. The fraction of sp³-hybridized carbons (Fsp3) is 0.409. The lowest BCUT2D eigenvalue weighted by atomic mass is 9.77. The summed E-state index contributed by atoms with van der Waals surface area (Å²) in [5, 5.41) is 3.54. The first kappa shape index (κ1) is 18.5. The number of methoxy groups -OCH3 is 1. The largest absolute Gasteiger partial charge is 0.379 e. The quantitative estimate of drug-likeness (QED) is 0.713. The Hall–Kier alpha value is -2.51. The van der Waals surface area contributed by atoms with Crippen LogP contribution < -0.4 is 5.32 Å². The van der Waals surface area contributed by atoms with Gasteiger partial charge in [-0.3, -0.25) is 4.79 Å². The van der Waals surface area contributed by atoms with Crippen LogP contribution in [0.4, 0.5) is 5.82 Å². The molecule has 4 atom stereocenters. The zero-order valence-corrected chi connectivity index (χ0v) is 17.1. The summed E-state index contributed by atoms with van der Waals surface area (Å²) in [5.41, 5.74) is 3.53. The summed E-state index contributed by atoms with van der Waals surface area (Å²) in [4.78, 5) is 23.9. The van der Waals surface area contributed by atoms with Gasteiger partial charge in [0, 0.05) is 32.0 Å². The number of carbonyl (C=O) groups is 1. The maximum absolute atomic E-state index is 13.1. The molecular weight excluding hydrogens is 384 g/mol. The lowest BCUT2D eigenvalue weighted by molar-refractivity contribution is 0.0304. The van der Waals surface area contributed by atoms with Crippen LogP contribution in [0.3, 0.4) is 0 Å². The van der Waals surface area contributed by atoms with Crippen LogP contribution in [-0.2, 0) is 4.74 Å². The third kappa shape index (κ3) is 3.60. The maximum Gasteiger partial charge on any atom is 0.253 e. The Morgan fingerprint density at radius 2 is 2.03 bits per heavy atom. The highest BCUT2D eigenvalue weighted by atomic mass is 32.1. The molecule has 1 saturated carbocycles. The number of fused-ring (bicyclic) bond motifs is 2. The minimum Gasteiger partial charge on any atom is -0.379 e. The molecule has 1 amide bonds. The lowest BCUT2D eigenvalue weighted by Gasteiger charge is -2.37. The summed E-state index contributed by atoms with van der Waals surface area (Å²) in [6.07, 6.45) is 3.87. The second-order valence-electron chi connectivity index (χ2n) is 7.98. The van der Waals surface area contributed by atoms with Crippen LogP contribution in [0.2, 0.25) is 0 Å². The number of hydrogen-bond donors (Lipinski definition) is 1. The number of pyridine rings is 1. The smallest absolute Gasteiger partial charge is 0.253 e. The number of carbonyl (C=O) groups excluding carboxylic acids is 1. The van der Waals surface area contributed by atoms with Gasteiger partial charge in [-0.1, -0.05) is 6.07 Å². The predicted molar refractivity (Wildman–Crippen MR) is 114 cm³/mol. The van der Waals surface area contributed by atoms with Crippen molar-refractivity contribution in [2.45, 2.75) is 25.0 Å². The molecule has 0 radical (unpaired) electrons. The van der Waals surface area contributed by atoms with Crippen LogP contribution in [0.1, 0.15) is 23.2 Å². The first-order valence-electron chi connectivity index (χ1n) is 10.0. The highest BCUT2D eigenvalue weighted by Crippen LogP contribution is 2.39. The Morgan fingerprint density at radius 1 is 1.17 bits per heavy atom. The Morgan fingerprint density at radius 3 is 2.83 bits per heavy atom. The van der Waals surface area contributed by atoms with E-state index in [9.17, 15) is 4.79 Å². The number of amides is 1. The molecule has 7 heteroatoms. The summed E-state index contributed by atoms with van der Waals surface area (Å²) in [6, 6.07) is 11.9. The van der Waals surface area contributed by atoms with E-state index >= 15 is 0 Å². The van der Waals surface area contributed by atoms with Gasteiger partial charge in [-0.15, -0.1) is 11.3 Å². The zero-order valence-electron chi connectivity index (χ0n) is 16.3. The molecule has 29 heavy (non-hydrogen) atoms. The van der Waals surface area contributed by atoms with Gasteiger partial charge in [-0.05, 0) is 55.0 Å². The van der Waals surface area contributed by atoms with Crippen molar-refractivity contribution in [3.8, 4) is 0 Å². The molecule has 1 aliphatic carbocycles. The number of nitrogens with one attached hydrogen (secondary N) is 1. The highest BCUT2D eigenvalue weighted by Gasteiger charge is 2.43. The highest BCUT2D eigenvalue weighted by molar-refractivity contribution is 7.16. The van der Waals surface area contributed by atoms with Crippen molar-refractivity contribution in [2.75, 3.05) is 25.5 Å². The average molecular weight is 409 g/mol. The minimum absolute atomic E-state index is 0.123. The summed E-state index contributed by atoms with van der Waals surface area (Å²) >= 11 is 1.57. The fourth-order valence-corrected chi connectivity index (χ4v) is 5.52. The van der Waals surface area contributed by atoms with Crippen molar-refractivity contribution in [1.29, 1.82) is 0 Å². The Labute approximate surface area is 173 Å². The number of nitrogens with zero attached hydrogens (tertiary/aromatic N) is 3. The van der Waals surface area contributed by atoms with Crippen LogP contribution in [0, 0.1) is 11.8 Å². The molecule has 3 heterocycles. The van der Waals surface area contributed by atoms with E-state index < -0.39 is 0 Å². The van der Waals surface area contributed by atoms with E-state index in [1.165, 1.54) is 0 Å². The van der Waals surface area contributed by atoms with Crippen LogP contribution in [0.5, 0.6) is 0 Å². The molecule has 2 aliphatic rings. The molecule has 1 aromatic carbocycles. The van der Waals surface area contributed by atoms with E-state index in [0.29, 0.717) is 11.8 Å². The van der Waals surface area contributed by atoms with Gasteiger partial charge in [0.15, 0.2) is 0 Å². The molecule has 1 aliphatic heterocycles. The van der Waals surface area contributed by atoms with Crippen LogP contribution in [0.25, 0.3) is 10.2 Å². The molecule has 0 unspecified atom stereocenters. The minimum atomic E-state index is 0.123. The summed E-state index contributed by atoms with van der Waals surface area (Å²) in [6.45, 7) is 1.61. The molecule has 0 spiro atoms. The monoisotopic (exact) mass is 408 g/mol. The SMILES string of the molecule is CO[C@@H]1C[C@H]2CN(C(=O)c3ccc4ncsc4c3)C[C@H]2C[C@H]1Nc1ccccn1. The number of likely N-dealkylation sites (tertiary alicyclic amines) is 1. The maximum atomic E-state index is 13.1. The summed E-state index contributed by atoms with van der Waals surface area (Å²) < 4.78 is 6.87. The van der Waals surface area contributed by atoms with E-state index in [1.807, 2.05) is 46.8 Å². The van der Waals surface area contributed by atoms with Crippen molar-refractivity contribution in [2.24, 2.45) is 11.8 Å². The van der Waals surface area contributed by atoms with Gasteiger partial charge in [0.25, 0.3) is 5.91 Å². The molecule has 5 rings (SSSR count). The van der Waals surface area contributed by atoms with Crippen LogP contribution >= 0.6 is 11.3 Å². The molecule has 0 bridgehead atoms. The van der Waals surface area contributed by atoms with Gasteiger partial charge in [-0.25, -0.2) is 9.97 Å². The predicted octanol–water partition coefficient (Wildman–Crippen LogP) is 3.67. The van der Waals surface area contributed by atoms with Crippen molar-refractivity contribution in [3.05, 3.63) is 53.7 Å². The molecule has 1 N–H and O–H groups in total. The van der Waals surface area contributed by atoms with E-state index in [-0.39, 0.29) is 18.1 Å². The normalized spacial score (nSPS) is 26.4. The van der Waals surface area contributed by atoms with Crippen molar-refractivity contribution >= 4 is 33.3 Å². The Bertz CT molecular complexity index is 1010. The number of rotatable bonds is 4. The molecule has 3 aromatic rings. The average Bonchev–Trinajstić information content (AvgIpc) is 3.39. The third-order valence-electron chi connectivity index (χ3n) is 6.28. The first-order chi connectivity index (χ1) is 14.2. The van der Waals surface area contributed by atoms with E-state index in [0.717, 1.165) is 47.5 Å². The Kier molecular flexibility index (Phi) is 4.93. The first-order valence-corrected chi connectivity index (χ1v) is 10.9. The van der Waals surface area contributed by atoms with Gasteiger partial charge < -0.3 is 15.0 Å². The van der Waals surface area contributed by atoms with Crippen molar-refractivity contribution < 1.29 is 9.53 Å². The van der Waals surface area contributed by atoms with Gasteiger partial charge >= 0.3 is 0 Å². The zero-order chi connectivity index (χ0) is 19.8. The number of hydrogen-bond acceptors (Lipinski definition) is 6. The molecule has 2 fully saturated rings. The molecule has 1 saturated heterocycles. The second-order valence-corrected chi connectivity index (χ2v) is 8.86. The third-order valence-corrected chi connectivity index (χ3v) is 7.08. The Balaban J connectivity index is 1.30. The van der Waals surface area contributed by atoms with E-state index in [1.54, 1.807) is 24.6 Å². The standard InChI is InChI=1S/C22H24N4O2S/c1-28-19-9-16-12-26(22(27)14-5-6-17-20(10-14)29-13-24-17)11-15(16)8-18(19)25-21-4-2-3-7-23-21/h2-7,10,13,15-16,18-19H,8-9,11-12H2,1H3,(H,23,25)/t15-,16+,18-,19-/m1/s1. The van der Waals surface area contributed by atoms with Crippen molar-refractivity contribution in [3.63, 3.8) is 0 Å². The van der Waals surface area contributed by atoms with Crippen molar-refractivity contribution in [1.82, 2.24) is 14.9 Å². The summed E-state index contributed by atoms with van der Waals surface area (Å²) in [7, 11) is 1.78. The molecule has 2 aromatic heterocycles. The molecular formula is C22H24N4O2S. The van der Waals surface area contributed by atoms with Gasteiger partial charge in [0.05, 0.1) is 27.9 Å². The topological polar surface area (TPSA) is 67.3 Å². The number of benzene rings is 1. The van der Waals surface area contributed by atoms with E-state index in [2.05, 4.69) is 15.3 Å². The number of thiazole rings is 1. The van der Waals surface area contributed by atoms with E-state index in [4.69, 9.17) is 4.74 Å². The summed E-state index contributed by atoms with van der Waals surface area (Å²) in [5.74, 6) is 1.97. The fourth-order valence-electron chi connectivity index (χ4n) is 4.80. The van der Waals surface area contributed by atoms with Gasteiger partial charge in [0.1, 0.15) is 5.82 Å². The number of anilines is 1. The lowest BCUT2D eigenvalue weighted by Crippen LogP contribution is -2.44.